The molecule has 0 aliphatic carbocycles. The van der Waals surface area contributed by atoms with Crippen molar-refractivity contribution in [3.8, 4) is 11.4 Å². The lowest BCUT2D eigenvalue weighted by molar-refractivity contribution is 0.901. The van der Waals surface area contributed by atoms with Crippen LogP contribution in [-0.2, 0) is 7.05 Å². The number of pyridine rings is 1. The lowest BCUT2D eigenvalue weighted by atomic mass is 10.2. The van der Waals surface area contributed by atoms with Gasteiger partial charge in [0.05, 0.1) is 5.56 Å². The fourth-order valence-corrected chi connectivity index (χ4v) is 1.32. The molecule has 0 atom stereocenters. The zero-order chi connectivity index (χ0) is 10.8. The van der Waals surface area contributed by atoms with E-state index in [1.807, 2.05) is 7.05 Å². The molecule has 0 aliphatic heterocycles. The van der Waals surface area contributed by atoms with Gasteiger partial charge >= 0.3 is 0 Å². The van der Waals surface area contributed by atoms with Crippen molar-refractivity contribution in [3.05, 3.63) is 34.5 Å². The van der Waals surface area contributed by atoms with E-state index in [1.165, 1.54) is 0 Å². The average Bonchev–Trinajstić information content (AvgIpc) is 2.60. The van der Waals surface area contributed by atoms with E-state index >= 15 is 0 Å². The van der Waals surface area contributed by atoms with Crippen LogP contribution in [0.4, 0.5) is 5.82 Å². The van der Waals surface area contributed by atoms with Crippen LogP contribution in [0.1, 0.15) is 0 Å². The van der Waals surface area contributed by atoms with E-state index in [0.29, 0.717) is 16.4 Å². The van der Waals surface area contributed by atoms with Gasteiger partial charge in [0.25, 0.3) is 5.82 Å². The summed E-state index contributed by atoms with van der Waals surface area (Å²) in [6.45, 7) is 6.78. The maximum Gasteiger partial charge on any atom is 0.269 e. The first kappa shape index (κ1) is 9.55. The van der Waals surface area contributed by atoms with Crippen molar-refractivity contribution in [1.82, 2.24) is 19.7 Å². The van der Waals surface area contributed by atoms with Crippen LogP contribution in [-0.4, -0.2) is 19.7 Å². The molecule has 0 amide bonds. The van der Waals surface area contributed by atoms with Crippen molar-refractivity contribution in [2.75, 3.05) is 0 Å². The summed E-state index contributed by atoms with van der Waals surface area (Å²) in [7, 11) is 1.82. The number of rotatable bonds is 1. The number of aromatic nitrogens is 4. The van der Waals surface area contributed by atoms with E-state index in [9.17, 15) is 0 Å². The summed E-state index contributed by atoms with van der Waals surface area (Å²) in [5.41, 5.74) is 0.831. The topological polar surface area (TPSA) is 50.9 Å². The molecule has 0 aromatic carbocycles. The first-order valence-corrected chi connectivity index (χ1v) is 4.58. The fraction of sp³-hybridized carbons (Fsp3) is 0.111. The molecule has 0 radical (unpaired) electrons. The van der Waals surface area contributed by atoms with E-state index in [1.54, 1.807) is 22.9 Å². The summed E-state index contributed by atoms with van der Waals surface area (Å²) in [5, 5.41) is 6.76. The number of hydrogen-bond donors (Lipinski definition) is 1. The molecule has 5 nitrogen and oxygen atoms in total. The van der Waals surface area contributed by atoms with Gasteiger partial charge in [-0.05, 0) is 18.3 Å². The van der Waals surface area contributed by atoms with Crippen LogP contribution in [0, 0.1) is 11.3 Å². The Bertz CT molecular complexity index is 572. The molecule has 2 rings (SSSR count). The third-order valence-electron chi connectivity index (χ3n) is 2.00. The van der Waals surface area contributed by atoms with Gasteiger partial charge in [-0.15, -0.1) is 4.98 Å². The van der Waals surface area contributed by atoms with Crippen LogP contribution in [0.5, 0.6) is 0 Å². The number of hydrogen-bond acceptors (Lipinski definition) is 3. The zero-order valence-electron chi connectivity index (χ0n) is 7.93. The summed E-state index contributed by atoms with van der Waals surface area (Å²) in [5.74, 6) is 1.08. The molecule has 1 N–H and O–H groups in total. The van der Waals surface area contributed by atoms with Gasteiger partial charge in [-0.3, -0.25) is 5.10 Å². The largest absolute Gasteiger partial charge is 0.361 e. The minimum absolute atomic E-state index is 0.371. The van der Waals surface area contributed by atoms with Gasteiger partial charge in [0.15, 0.2) is 10.6 Å². The molecule has 0 spiro atoms. The van der Waals surface area contributed by atoms with Gasteiger partial charge in [-0.1, -0.05) is 12.6 Å². The first-order valence-electron chi connectivity index (χ1n) is 4.17. The molecule has 6 heteroatoms. The summed E-state index contributed by atoms with van der Waals surface area (Å²) in [6.07, 6.45) is 1.61. The number of nitrogens with one attached hydrogen (secondary N) is 1. The summed E-state index contributed by atoms with van der Waals surface area (Å²) >= 11 is 5.00. The minimum atomic E-state index is 0.371. The molecule has 0 fully saturated rings. The van der Waals surface area contributed by atoms with Gasteiger partial charge < -0.3 is 9.41 Å². The van der Waals surface area contributed by atoms with Crippen molar-refractivity contribution in [2.24, 2.45) is 7.05 Å². The minimum Gasteiger partial charge on any atom is -0.361 e. The Morgan fingerprint density at radius 2 is 2.33 bits per heavy atom. The molecule has 0 bridgehead atoms. The maximum absolute atomic E-state index is 6.78. The summed E-state index contributed by atoms with van der Waals surface area (Å²) < 4.78 is 2.31. The fourth-order valence-electron chi connectivity index (χ4n) is 1.19. The third kappa shape index (κ3) is 1.65. The number of aromatic amines is 1. The second-order valence-corrected chi connectivity index (χ2v) is 3.31. The molecular formula is C9H7N5S. The Balaban J connectivity index is 2.51. The van der Waals surface area contributed by atoms with Gasteiger partial charge in [0, 0.05) is 7.05 Å². The predicted molar refractivity (Wildman–Crippen MR) is 57.9 cm³/mol. The first-order chi connectivity index (χ1) is 7.22. The van der Waals surface area contributed by atoms with Gasteiger partial charge in [-0.25, -0.2) is 0 Å². The molecular weight excluding hydrogens is 210 g/mol. The van der Waals surface area contributed by atoms with E-state index in [-0.39, 0.29) is 0 Å². The highest BCUT2D eigenvalue weighted by Gasteiger charge is 2.06. The quantitative estimate of drug-likeness (QED) is 0.587. The highest BCUT2D eigenvalue weighted by molar-refractivity contribution is 7.71. The standard InChI is InChI=1S/C9H7N5S/c1-10-7-4-3-6(5-11-7)8-12-13-9(15)14(8)2/h3-5H,2H3,(H,13,15). The Morgan fingerprint density at radius 1 is 1.53 bits per heavy atom. The molecule has 2 aromatic heterocycles. The van der Waals surface area contributed by atoms with E-state index in [2.05, 4.69) is 20.0 Å². The Hall–Kier alpha value is -2.00. The van der Waals surface area contributed by atoms with Crippen LogP contribution in [0.3, 0.4) is 0 Å². The lowest BCUT2D eigenvalue weighted by Gasteiger charge is -1.97. The molecule has 2 heterocycles. The van der Waals surface area contributed by atoms with Crippen LogP contribution in [0.25, 0.3) is 16.2 Å². The molecule has 0 unspecified atom stereocenters. The third-order valence-corrected chi connectivity index (χ3v) is 2.37. The van der Waals surface area contributed by atoms with Crippen molar-refractivity contribution in [3.63, 3.8) is 0 Å². The highest BCUT2D eigenvalue weighted by atomic mass is 32.1. The Kier molecular flexibility index (Phi) is 2.31. The normalized spacial score (nSPS) is 9.87. The highest BCUT2D eigenvalue weighted by Crippen LogP contribution is 2.17. The van der Waals surface area contributed by atoms with Crippen LogP contribution >= 0.6 is 12.2 Å². The number of nitrogens with zero attached hydrogens (tertiary/aromatic N) is 4. The second kappa shape index (κ2) is 3.63. The molecule has 0 saturated carbocycles. The maximum atomic E-state index is 6.78. The summed E-state index contributed by atoms with van der Waals surface area (Å²) in [6, 6.07) is 3.45. The van der Waals surface area contributed by atoms with Crippen molar-refractivity contribution < 1.29 is 0 Å². The monoisotopic (exact) mass is 217 g/mol. The van der Waals surface area contributed by atoms with E-state index in [4.69, 9.17) is 18.8 Å². The Morgan fingerprint density at radius 3 is 2.80 bits per heavy atom. The van der Waals surface area contributed by atoms with Crippen LogP contribution in [0.15, 0.2) is 18.3 Å². The Labute approximate surface area is 91.2 Å². The van der Waals surface area contributed by atoms with Crippen LogP contribution in [0.2, 0.25) is 0 Å². The van der Waals surface area contributed by atoms with Crippen molar-refractivity contribution >= 4 is 18.0 Å². The van der Waals surface area contributed by atoms with Crippen molar-refractivity contribution in [1.29, 1.82) is 0 Å². The SMILES string of the molecule is [C-]#[N+]c1ccc(-c2n[nH]c(=S)n2C)cn1. The molecule has 0 saturated heterocycles. The van der Waals surface area contributed by atoms with Gasteiger partial charge in [-0.2, -0.15) is 5.10 Å². The molecule has 74 valence electrons. The van der Waals surface area contributed by atoms with Gasteiger partial charge in [0.1, 0.15) is 6.20 Å². The van der Waals surface area contributed by atoms with E-state index in [0.717, 1.165) is 5.56 Å². The summed E-state index contributed by atoms with van der Waals surface area (Å²) in [4.78, 5) is 7.18. The number of H-pyrrole nitrogens is 1. The second-order valence-electron chi connectivity index (χ2n) is 2.93. The predicted octanol–water partition coefficient (Wildman–Crippen LogP) is 2.09. The smallest absolute Gasteiger partial charge is 0.269 e. The zero-order valence-corrected chi connectivity index (χ0v) is 8.75. The van der Waals surface area contributed by atoms with Gasteiger partial charge in [0.2, 0.25) is 0 Å². The van der Waals surface area contributed by atoms with Crippen LogP contribution < -0.4 is 0 Å². The van der Waals surface area contributed by atoms with E-state index < -0.39 is 0 Å². The van der Waals surface area contributed by atoms with Crippen molar-refractivity contribution in [2.45, 2.75) is 0 Å². The molecule has 0 aliphatic rings. The average molecular weight is 217 g/mol. The molecule has 2 aromatic rings. The molecule has 15 heavy (non-hydrogen) atoms. The lowest BCUT2D eigenvalue weighted by Crippen LogP contribution is -1.92.